The molecule has 3 N–H and O–H groups in total. The summed E-state index contributed by atoms with van der Waals surface area (Å²) in [6.45, 7) is 0. The molecule has 2 aromatic rings. The van der Waals surface area contributed by atoms with Crippen LogP contribution in [0.3, 0.4) is 0 Å². The third-order valence-corrected chi connectivity index (χ3v) is 5.72. The van der Waals surface area contributed by atoms with Crippen molar-refractivity contribution in [3.8, 4) is 0 Å². The molecule has 1 aromatic heterocycles. The average Bonchev–Trinajstić information content (AvgIpc) is 2.81. The van der Waals surface area contributed by atoms with Crippen molar-refractivity contribution in [3.05, 3.63) is 41.5 Å². The van der Waals surface area contributed by atoms with Crippen LogP contribution in [0, 0.1) is 11.6 Å². The minimum atomic E-state index is -5.08. The molecule has 1 aromatic carbocycles. The van der Waals surface area contributed by atoms with E-state index in [-0.39, 0.29) is 23.6 Å². The molecule has 0 bridgehead atoms. The Kier molecular flexibility index (Phi) is 10.3. The van der Waals surface area contributed by atoms with Crippen LogP contribution in [-0.4, -0.2) is 65.6 Å². The predicted octanol–water partition coefficient (Wildman–Crippen LogP) is 4.33. The van der Waals surface area contributed by atoms with Crippen LogP contribution in [0.1, 0.15) is 36.0 Å². The number of nitrogens with zero attached hydrogens (tertiary/aromatic N) is 3. The maximum atomic E-state index is 13.3. The van der Waals surface area contributed by atoms with Crippen LogP contribution in [-0.2, 0) is 4.79 Å². The lowest BCUT2D eigenvalue weighted by Gasteiger charge is -2.30. The molecule has 1 fully saturated rings. The van der Waals surface area contributed by atoms with Crippen LogP contribution < -0.4 is 15.5 Å². The molecular formula is C22H26F5N5O3S. The molecule has 1 saturated carbocycles. The zero-order valence-electron chi connectivity index (χ0n) is 19.7. The maximum absolute atomic E-state index is 13.3. The molecule has 0 radical (unpaired) electrons. The molecule has 14 heteroatoms. The first-order valence-corrected chi connectivity index (χ1v) is 12.0. The number of thioether (sulfide) groups is 1. The van der Waals surface area contributed by atoms with Crippen molar-refractivity contribution in [3.63, 3.8) is 0 Å². The first-order valence-electron chi connectivity index (χ1n) is 10.7. The normalized spacial score (nSPS) is 17.4. The molecule has 1 amide bonds. The van der Waals surface area contributed by atoms with Gasteiger partial charge in [-0.1, -0.05) is 11.8 Å². The summed E-state index contributed by atoms with van der Waals surface area (Å²) in [4.78, 5) is 32.1. The highest BCUT2D eigenvalue weighted by Gasteiger charge is 2.38. The molecule has 1 aliphatic rings. The van der Waals surface area contributed by atoms with Crippen molar-refractivity contribution in [1.29, 1.82) is 0 Å². The molecule has 1 heterocycles. The number of alkyl halides is 3. The molecule has 8 nitrogen and oxygen atoms in total. The Morgan fingerprint density at radius 2 is 1.61 bits per heavy atom. The first kappa shape index (κ1) is 29.1. The second kappa shape index (κ2) is 12.7. The summed E-state index contributed by atoms with van der Waals surface area (Å²) in [7, 11) is 3.88. The van der Waals surface area contributed by atoms with Crippen LogP contribution in [0.2, 0.25) is 0 Å². The van der Waals surface area contributed by atoms with E-state index in [1.165, 1.54) is 17.8 Å². The number of nitrogens with one attached hydrogen (secondary N) is 2. The van der Waals surface area contributed by atoms with E-state index in [0.717, 1.165) is 49.5 Å². The fraction of sp³-hybridized carbons (Fsp3) is 0.455. The van der Waals surface area contributed by atoms with E-state index in [4.69, 9.17) is 9.90 Å². The Labute approximate surface area is 208 Å². The number of anilines is 2. The highest BCUT2D eigenvalue weighted by Crippen LogP contribution is 2.25. The van der Waals surface area contributed by atoms with E-state index in [0.29, 0.717) is 5.16 Å². The molecule has 0 aliphatic heterocycles. The molecule has 0 spiro atoms. The van der Waals surface area contributed by atoms with Gasteiger partial charge in [0.1, 0.15) is 11.6 Å². The summed E-state index contributed by atoms with van der Waals surface area (Å²) in [6, 6.07) is 5.39. The standard InChI is InChI=1S/C20H25F2N5OS.C2HF3O2/c1-27(2)18-11-17(25-20(26-18)29-3)23-13-5-7-14(8-6-13)24-19(28)12-4-9-15(21)16(22)10-12;3-2(4,5)1(6)7/h4,9-11,13-14H,5-8H2,1-3H3,(H,24,28)(H,23,25,26);(H,6,7)/t13-,14+;. The van der Waals surface area contributed by atoms with Gasteiger partial charge in [-0.25, -0.2) is 23.5 Å². The second-order valence-corrected chi connectivity index (χ2v) is 8.86. The van der Waals surface area contributed by atoms with Crippen LogP contribution in [0.25, 0.3) is 0 Å². The third-order valence-electron chi connectivity index (χ3n) is 5.17. The van der Waals surface area contributed by atoms with Gasteiger partial charge in [0.2, 0.25) is 0 Å². The fourth-order valence-corrected chi connectivity index (χ4v) is 3.68. The number of hydrogen-bond donors (Lipinski definition) is 3. The van der Waals surface area contributed by atoms with Gasteiger partial charge < -0.3 is 20.6 Å². The monoisotopic (exact) mass is 535 g/mol. The van der Waals surface area contributed by atoms with Crippen LogP contribution in [0.4, 0.5) is 33.6 Å². The summed E-state index contributed by atoms with van der Waals surface area (Å²) in [6.07, 6.45) is 0.207. The zero-order chi connectivity index (χ0) is 27.0. The summed E-state index contributed by atoms with van der Waals surface area (Å²) in [5, 5.41) is 14.2. The number of rotatable bonds is 6. The van der Waals surface area contributed by atoms with Crippen molar-refractivity contribution in [1.82, 2.24) is 15.3 Å². The molecule has 1 aliphatic carbocycles. The number of aromatic nitrogens is 2. The number of hydrogen-bond acceptors (Lipinski definition) is 7. The number of carboxylic acid groups (broad SMARTS) is 1. The van der Waals surface area contributed by atoms with E-state index < -0.39 is 23.8 Å². The van der Waals surface area contributed by atoms with E-state index in [9.17, 15) is 26.7 Å². The summed E-state index contributed by atoms with van der Waals surface area (Å²) >= 11 is 1.50. The molecule has 0 unspecified atom stereocenters. The molecular weight excluding hydrogens is 509 g/mol. The fourth-order valence-electron chi connectivity index (χ4n) is 3.30. The Morgan fingerprint density at radius 3 is 2.11 bits per heavy atom. The minimum Gasteiger partial charge on any atom is -0.475 e. The highest BCUT2D eigenvalue weighted by atomic mass is 32.2. The number of carbonyl (C=O) groups excluding carboxylic acids is 1. The SMILES string of the molecule is CSc1nc(N[C@H]2CC[C@@H](NC(=O)c3ccc(F)c(F)c3)CC2)cc(N(C)C)n1.O=C(O)C(F)(F)F. The Bertz CT molecular complexity index is 1060. The van der Waals surface area contributed by atoms with Gasteiger partial charge in [-0.15, -0.1) is 0 Å². The molecule has 36 heavy (non-hydrogen) atoms. The van der Waals surface area contributed by atoms with Crippen LogP contribution in [0.5, 0.6) is 0 Å². The Balaban J connectivity index is 0.000000572. The summed E-state index contributed by atoms with van der Waals surface area (Å²) in [5.74, 6) is -3.47. The molecule has 0 atom stereocenters. The lowest BCUT2D eigenvalue weighted by atomic mass is 9.91. The van der Waals surface area contributed by atoms with Gasteiger partial charge in [0.25, 0.3) is 5.91 Å². The van der Waals surface area contributed by atoms with E-state index in [2.05, 4.69) is 20.6 Å². The molecule has 198 valence electrons. The van der Waals surface area contributed by atoms with Crippen molar-refractivity contribution in [2.75, 3.05) is 30.6 Å². The predicted molar refractivity (Wildman–Crippen MR) is 125 cm³/mol. The largest absolute Gasteiger partial charge is 0.490 e. The first-order chi connectivity index (χ1) is 16.8. The van der Waals surface area contributed by atoms with E-state index >= 15 is 0 Å². The van der Waals surface area contributed by atoms with Crippen molar-refractivity contribution >= 4 is 35.3 Å². The summed E-state index contributed by atoms with van der Waals surface area (Å²) in [5.41, 5.74) is 0.131. The molecule has 0 saturated heterocycles. The number of benzene rings is 1. The van der Waals surface area contributed by atoms with Crippen LogP contribution >= 0.6 is 11.8 Å². The second-order valence-electron chi connectivity index (χ2n) is 8.09. The topological polar surface area (TPSA) is 107 Å². The minimum absolute atomic E-state index is 0.0122. The number of amides is 1. The van der Waals surface area contributed by atoms with Crippen molar-refractivity contribution in [2.24, 2.45) is 0 Å². The van der Waals surface area contributed by atoms with Gasteiger partial charge in [-0.05, 0) is 50.1 Å². The van der Waals surface area contributed by atoms with Gasteiger partial charge in [-0.3, -0.25) is 4.79 Å². The van der Waals surface area contributed by atoms with Crippen LogP contribution in [0.15, 0.2) is 29.4 Å². The quantitative estimate of drug-likeness (QED) is 0.285. The number of halogens is 5. The maximum Gasteiger partial charge on any atom is 0.490 e. The van der Waals surface area contributed by atoms with Gasteiger partial charge in [0, 0.05) is 37.8 Å². The average molecular weight is 536 g/mol. The van der Waals surface area contributed by atoms with E-state index in [1.807, 2.05) is 31.3 Å². The smallest absolute Gasteiger partial charge is 0.475 e. The van der Waals surface area contributed by atoms with Gasteiger partial charge in [0.15, 0.2) is 16.8 Å². The number of carbonyl (C=O) groups is 2. The lowest BCUT2D eigenvalue weighted by molar-refractivity contribution is -0.192. The lowest BCUT2D eigenvalue weighted by Crippen LogP contribution is -2.40. The van der Waals surface area contributed by atoms with Crippen molar-refractivity contribution in [2.45, 2.75) is 49.1 Å². The zero-order valence-corrected chi connectivity index (χ0v) is 20.5. The third kappa shape index (κ3) is 8.81. The van der Waals surface area contributed by atoms with Gasteiger partial charge in [-0.2, -0.15) is 13.2 Å². The number of aliphatic carboxylic acids is 1. The molecule has 3 rings (SSSR count). The Morgan fingerprint density at radius 1 is 1.03 bits per heavy atom. The highest BCUT2D eigenvalue weighted by molar-refractivity contribution is 7.98. The van der Waals surface area contributed by atoms with E-state index in [1.54, 1.807) is 0 Å². The summed E-state index contributed by atoms with van der Waals surface area (Å²) < 4.78 is 58.1. The van der Waals surface area contributed by atoms with Crippen molar-refractivity contribution < 1.29 is 36.6 Å². The van der Waals surface area contributed by atoms with Gasteiger partial charge in [0.05, 0.1) is 0 Å². The van der Waals surface area contributed by atoms with Gasteiger partial charge >= 0.3 is 12.1 Å². The number of carboxylic acids is 1. The Hall–Kier alpha value is -3.16.